The number of pyridine rings is 1. The number of nitrogens with two attached hydrogens (primary N) is 1. The molecule has 17 heteroatoms. The molecule has 66 heavy (non-hydrogen) atoms. The molecule has 5 atom stereocenters. The second-order valence-corrected chi connectivity index (χ2v) is 19.8. The third-order valence-corrected chi connectivity index (χ3v) is 14.0. The van der Waals surface area contributed by atoms with Gasteiger partial charge in [0.05, 0.1) is 35.7 Å². The number of carbonyl (C=O) groups is 5. The lowest BCUT2D eigenvalue weighted by Crippen LogP contribution is -2.62. The lowest BCUT2D eigenvalue weighted by Gasteiger charge is -2.37. The summed E-state index contributed by atoms with van der Waals surface area (Å²) in [5, 5.41) is 6.42. The smallest absolute Gasteiger partial charge is 0.324 e. The van der Waals surface area contributed by atoms with Crippen LogP contribution in [0, 0.1) is 29.1 Å². The number of thiazole rings is 1. The number of esters is 1. The Hall–Kier alpha value is -5.83. The van der Waals surface area contributed by atoms with Gasteiger partial charge in [-0.3, -0.25) is 34.0 Å². The molecule has 3 aliphatic heterocycles. The highest BCUT2D eigenvalue weighted by Gasteiger charge is 2.41. The van der Waals surface area contributed by atoms with Gasteiger partial charge in [-0.2, -0.15) is 0 Å². The summed E-state index contributed by atoms with van der Waals surface area (Å²) in [5.74, 6) is 2.20. The number of benzene rings is 1. The number of rotatable bonds is 9. The average Bonchev–Trinajstić information content (AvgIpc) is 4.02. The minimum absolute atomic E-state index is 0.0552. The van der Waals surface area contributed by atoms with Crippen LogP contribution in [-0.4, -0.2) is 117 Å². The second kappa shape index (κ2) is 20.0. The number of amides is 4. The summed E-state index contributed by atoms with van der Waals surface area (Å²) in [7, 11) is 3.26. The standard InChI is InChI=1S/C49H63N9O7S/c1-10-14-39(59)56-22-19-31(26-56)46(61)55(8)41(28(3)4)44(60)52-37-24-36-43(50)66-45(53-36)30-17-18-38-33(23-30)34(42(57(38)11-2)32-15-12-20-51-40(32)29(5)64-9)25-49(6,7)27-65-48(63)35-16-13-21-58(54-35)47(37)62/h12,15,17-18,20,23,28-29,31,35,37,41,54H,11,13,16,19,21-22,24-27,50H2,1-9H3,(H,52,60)/t29-,31-,35-,37-,41-/m0/s1. The summed E-state index contributed by atoms with van der Waals surface area (Å²) < 4.78 is 14.2. The number of aromatic nitrogens is 3. The van der Waals surface area contributed by atoms with Crippen molar-refractivity contribution in [2.75, 3.05) is 46.1 Å². The normalized spacial score (nSPS) is 20.8. The van der Waals surface area contributed by atoms with E-state index in [0.717, 1.165) is 39.0 Å². The van der Waals surface area contributed by atoms with Crippen LogP contribution in [0.5, 0.6) is 0 Å². The number of nitrogens with one attached hydrogen (secondary N) is 2. The van der Waals surface area contributed by atoms with Crippen molar-refractivity contribution in [1.82, 2.24) is 40.1 Å². The van der Waals surface area contributed by atoms with Gasteiger partial charge in [-0.1, -0.05) is 45.0 Å². The molecule has 0 spiro atoms. The third kappa shape index (κ3) is 9.82. The number of hydrogen-bond donors (Lipinski definition) is 3. The molecule has 352 valence electrons. The molecule has 0 aliphatic carbocycles. The van der Waals surface area contributed by atoms with Crippen LogP contribution in [0.15, 0.2) is 36.5 Å². The molecule has 6 heterocycles. The number of nitrogens with zero attached hydrogens (tertiary/aromatic N) is 6. The predicted molar refractivity (Wildman–Crippen MR) is 253 cm³/mol. The summed E-state index contributed by atoms with van der Waals surface area (Å²) in [4.78, 5) is 82.3. The fraction of sp³-hybridized carbons (Fsp3) is 0.531. The summed E-state index contributed by atoms with van der Waals surface area (Å²) in [6.07, 6.45) is 3.40. The van der Waals surface area contributed by atoms with Crippen LogP contribution in [0.2, 0.25) is 0 Å². The van der Waals surface area contributed by atoms with Gasteiger partial charge in [0.2, 0.25) is 11.8 Å². The van der Waals surface area contributed by atoms with Gasteiger partial charge in [0.1, 0.15) is 28.1 Å². The molecular weight excluding hydrogens is 859 g/mol. The quantitative estimate of drug-likeness (QED) is 0.149. The molecule has 4 N–H and O–H groups in total. The Kier molecular flexibility index (Phi) is 14.5. The first-order chi connectivity index (χ1) is 31.5. The molecule has 2 saturated heterocycles. The molecule has 7 rings (SSSR count). The number of likely N-dealkylation sites (tertiary alicyclic amines) is 1. The maximum absolute atomic E-state index is 14.7. The van der Waals surface area contributed by atoms with Gasteiger partial charge in [-0.05, 0) is 94.2 Å². The highest BCUT2D eigenvalue weighted by Crippen LogP contribution is 2.42. The number of likely N-dealkylation sites (N-methyl/N-ethyl adjacent to an activating group) is 1. The van der Waals surface area contributed by atoms with Gasteiger partial charge in [0.15, 0.2) is 0 Å². The Bertz CT molecular complexity index is 2570. The zero-order valence-corrected chi connectivity index (χ0v) is 40.3. The van der Waals surface area contributed by atoms with Crippen LogP contribution >= 0.6 is 11.3 Å². The van der Waals surface area contributed by atoms with Crippen molar-refractivity contribution in [3.63, 3.8) is 0 Å². The Morgan fingerprint density at radius 3 is 2.64 bits per heavy atom. The highest BCUT2D eigenvalue weighted by molar-refractivity contribution is 7.18. The predicted octanol–water partition coefficient (Wildman–Crippen LogP) is 5.14. The molecule has 4 aromatic rings. The summed E-state index contributed by atoms with van der Waals surface area (Å²) in [6, 6.07) is 7.32. The van der Waals surface area contributed by atoms with Crippen LogP contribution in [0.4, 0.5) is 5.00 Å². The minimum Gasteiger partial charge on any atom is -0.464 e. The number of carbonyl (C=O) groups excluding carboxylic acids is 5. The molecule has 3 aliphatic rings. The van der Waals surface area contributed by atoms with E-state index in [2.05, 4.69) is 66.1 Å². The highest BCUT2D eigenvalue weighted by atomic mass is 32.1. The topological polar surface area (TPSA) is 194 Å². The number of hydrogen-bond acceptors (Lipinski definition) is 12. The minimum atomic E-state index is -1.18. The Balaban J connectivity index is 1.28. The number of nitrogen functional groups attached to an aromatic ring is 1. The molecule has 6 bridgehead atoms. The van der Waals surface area contributed by atoms with Crippen molar-refractivity contribution >= 4 is 56.8 Å². The number of methoxy groups -OCH3 is 1. The number of hydrazine groups is 1. The van der Waals surface area contributed by atoms with E-state index >= 15 is 0 Å². The number of cyclic esters (lactones) is 1. The molecule has 0 saturated carbocycles. The van der Waals surface area contributed by atoms with E-state index in [0.29, 0.717) is 54.5 Å². The fourth-order valence-electron chi connectivity index (χ4n) is 9.59. The van der Waals surface area contributed by atoms with Gasteiger partial charge in [-0.15, -0.1) is 0 Å². The van der Waals surface area contributed by atoms with Gasteiger partial charge in [0.25, 0.3) is 11.8 Å². The summed E-state index contributed by atoms with van der Waals surface area (Å²) >= 11 is 1.31. The fourth-order valence-corrected chi connectivity index (χ4v) is 10.4. The second-order valence-electron chi connectivity index (χ2n) is 18.7. The van der Waals surface area contributed by atoms with Crippen molar-refractivity contribution in [3.8, 4) is 33.7 Å². The molecule has 0 unspecified atom stereocenters. The van der Waals surface area contributed by atoms with Crippen molar-refractivity contribution in [2.24, 2.45) is 17.3 Å². The van der Waals surface area contributed by atoms with Crippen molar-refractivity contribution in [3.05, 3.63) is 53.5 Å². The lowest BCUT2D eigenvalue weighted by molar-refractivity contribution is -0.155. The molecule has 0 radical (unpaired) electrons. The van der Waals surface area contributed by atoms with E-state index in [-0.39, 0.29) is 50.0 Å². The number of aryl methyl sites for hydroxylation is 1. The largest absolute Gasteiger partial charge is 0.464 e. The van der Waals surface area contributed by atoms with Crippen molar-refractivity contribution in [1.29, 1.82) is 0 Å². The van der Waals surface area contributed by atoms with E-state index in [1.165, 1.54) is 21.2 Å². The van der Waals surface area contributed by atoms with E-state index in [4.69, 9.17) is 25.2 Å². The summed E-state index contributed by atoms with van der Waals surface area (Å²) in [5.41, 5.74) is 15.5. The molecule has 1 aromatic carbocycles. The lowest BCUT2D eigenvalue weighted by atomic mass is 9.84. The first-order valence-electron chi connectivity index (χ1n) is 22.9. The van der Waals surface area contributed by atoms with Crippen LogP contribution in [0.25, 0.3) is 32.7 Å². The molecule has 16 nitrogen and oxygen atoms in total. The van der Waals surface area contributed by atoms with E-state index in [1.807, 2.05) is 32.9 Å². The van der Waals surface area contributed by atoms with Crippen LogP contribution in [-0.2, 0) is 52.8 Å². The maximum Gasteiger partial charge on any atom is 0.324 e. The third-order valence-electron chi connectivity index (χ3n) is 13.0. The van der Waals surface area contributed by atoms with Crippen LogP contribution in [0.1, 0.15) is 90.8 Å². The van der Waals surface area contributed by atoms with Gasteiger partial charge in [-0.25, -0.2) is 10.4 Å². The number of anilines is 1. The molecule has 4 amide bonds. The Labute approximate surface area is 390 Å². The first-order valence-corrected chi connectivity index (χ1v) is 23.7. The van der Waals surface area contributed by atoms with Gasteiger partial charge < -0.3 is 34.9 Å². The zero-order chi connectivity index (χ0) is 47.6. The summed E-state index contributed by atoms with van der Waals surface area (Å²) in [6.45, 7) is 15.2. The number of fused-ring (bicyclic) bond motifs is 6. The number of ether oxygens (including phenoxy) is 2. The zero-order valence-electron chi connectivity index (χ0n) is 39.5. The van der Waals surface area contributed by atoms with Crippen LogP contribution < -0.4 is 16.5 Å². The first kappa shape index (κ1) is 48.1. The van der Waals surface area contributed by atoms with Crippen molar-refractivity contribution < 1.29 is 33.4 Å². The Morgan fingerprint density at radius 1 is 1.15 bits per heavy atom. The maximum atomic E-state index is 14.7. The van der Waals surface area contributed by atoms with E-state index in [1.54, 1.807) is 32.2 Å². The van der Waals surface area contributed by atoms with E-state index in [9.17, 15) is 24.0 Å². The van der Waals surface area contributed by atoms with E-state index < -0.39 is 47.2 Å². The van der Waals surface area contributed by atoms with Gasteiger partial charge in [0, 0.05) is 80.4 Å². The molecular formula is C49H63N9O7S. The van der Waals surface area contributed by atoms with Gasteiger partial charge >= 0.3 is 5.97 Å². The average molecular weight is 922 g/mol. The van der Waals surface area contributed by atoms with Crippen molar-refractivity contribution in [2.45, 2.75) is 111 Å². The monoisotopic (exact) mass is 921 g/mol. The Morgan fingerprint density at radius 2 is 1.92 bits per heavy atom. The van der Waals surface area contributed by atoms with Crippen LogP contribution in [0.3, 0.4) is 0 Å². The molecule has 3 aromatic heterocycles. The SMILES string of the molecule is CC#CC(=O)N1CC[C@H](C(=O)N(C)[C@H](C(=O)N[C@H]2Cc3nc(sc3N)-c3ccc4c(c3)c(c(-c3cccnc3[C@H](C)OC)n4CC)CC(C)(C)COC(=O)[C@@H]3CCCN(N3)C2=O)C(C)C)C1. The molecule has 2 fully saturated rings.